The molecule has 0 spiro atoms. The SMILES string of the molecule is O=C(Cc1ccc(C(F)(F)F)cc1)Nc1ccccc1C(=O)NC1CCCC1. The van der Waals surface area contributed by atoms with Crippen LogP contribution < -0.4 is 10.6 Å². The van der Waals surface area contributed by atoms with Crippen LogP contribution >= 0.6 is 0 Å². The number of nitrogens with one attached hydrogen (secondary N) is 2. The maximum atomic E-state index is 12.6. The molecule has 2 aromatic carbocycles. The Morgan fingerprint density at radius 2 is 1.61 bits per heavy atom. The molecular weight excluding hydrogens is 369 g/mol. The van der Waals surface area contributed by atoms with Gasteiger partial charge in [-0.05, 0) is 42.7 Å². The molecule has 148 valence electrons. The molecule has 7 heteroatoms. The number of para-hydroxylation sites is 1. The fourth-order valence-corrected chi connectivity index (χ4v) is 3.31. The summed E-state index contributed by atoms with van der Waals surface area (Å²) in [7, 11) is 0. The lowest BCUT2D eigenvalue weighted by Crippen LogP contribution is -2.33. The zero-order valence-corrected chi connectivity index (χ0v) is 15.2. The van der Waals surface area contributed by atoms with Crippen LogP contribution in [0.25, 0.3) is 0 Å². The standard InChI is InChI=1S/C21H21F3N2O2/c22-21(23,24)15-11-9-14(10-12-15)13-19(27)26-18-8-4-3-7-17(18)20(28)25-16-5-1-2-6-16/h3-4,7-12,16H,1-2,5-6,13H2,(H,25,28)(H,26,27). The van der Waals surface area contributed by atoms with Crippen LogP contribution in [-0.2, 0) is 17.4 Å². The normalized spacial score (nSPS) is 14.7. The first-order valence-electron chi connectivity index (χ1n) is 9.19. The third kappa shape index (κ3) is 5.12. The Morgan fingerprint density at radius 1 is 0.964 bits per heavy atom. The summed E-state index contributed by atoms with van der Waals surface area (Å²) in [6.45, 7) is 0. The van der Waals surface area contributed by atoms with Gasteiger partial charge in [0.2, 0.25) is 5.91 Å². The molecular formula is C21H21F3N2O2. The van der Waals surface area contributed by atoms with Crippen molar-refractivity contribution in [3.05, 3.63) is 65.2 Å². The van der Waals surface area contributed by atoms with Crippen LogP contribution in [0, 0.1) is 0 Å². The Labute approximate surface area is 161 Å². The van der Waals surface area contributed by atoms with Crippen molar-refractivity contribution in [1.29, 1.82) is 0 Å². The summed E-state index contributed by atoms with van der Waals surface area (Å²) in [5.74, 6) is -0.641. The van der Waals surface area contributed by atoms with Crippen molar-refractivity contribution >= 4 is 17.5 Å². The largest absolute Gasteiger partial charge is 0.416 e. The number of benzene rings is 2. The average Bonchev–Trinajstić information content (AvgIpc) is 3.14. The predicted molar refractivity (Wildman–Crippen MR) is 99.9 cm³/mol. The van der Waals surface area contributed by atoms with E-state index in [0.29, 0.717) is 16.8 Å². The molecule has 1 saturated carbocycles. The molecule has 0 aromatic heterocycles. The van der Waals surface area contributed by atoms with E-state index in [0.717, 1.165) is 37.8 Å². The average molecular weight is 390 g/mol. The number of hydrogen-bond acceptors (Lipinski definition) is 2. The molecule has 1 fully saturated rings. The van der Waals surface area contributed by atoms with Crippen molar-refractivity contribution < 1.29 is 22.8 Å². The van der Waals surface area contributed by atoms with Crippen LogP contribution in [0.15, 0.2) is 48.5 Å². The Balaban J connectivity index is 1.64. The number of alkyl halides is 3. The van der Waals surface area contributed by atoms with Crippen molar-refractivity contribution in [3.63, 3.8) is 0 Å². The lowest BCUT2D eigenvalue weighted by Gasteiger charge is -2.15. The van der Waals surface area contributed by atoms with Crippen molar-refractivity contribution in [2.75, 3.05) is 5.32 Å². The van der Waals surface area contributed by atoms with Crippen molar-refractivity contribution in [3.8, 4) is 0 Å². The number of anilines is 1. The van der Waals surface area contributed by atoms with E-state index in [1.54, 1.807) is 24.3 Å². The minimum Gasteiger partial charge on any atom is -0.349 e. The van der Waals surface area contributed by atoms with E-state index in [-0.39, 0.29) is 18.4 Å². The topological polar surface area (TPSA) is 58.2 Å². The molecule has 1 aliphatic carbocycles. The number of carbonyl (C=O) groups excluding carboxylic acids is 2. The van der Waals surface area contributed by atoms with E-state index in [2.05, 4.69) is 10.6 Å². The van der Waals surface area contributed by atoms with Gasteiger partial charge in [-0.15, -0.1) is 0 Å². The van der Waals surface area contributed by atoms with E-state index >= 15 is 0 Å². The molecule has 0 heterocycles. The summed E-state index contributed by atoms with van der Waals surface area (Å²) in [4.78, 5) is 24.8. The summed E-state index contributed by atoms with van der Waals surface area (Å²) < 4.78 is 37.9. The number of carbonyl (C=O) groups is 2. The smallest absolute Gasteiger partial charge is 0.349 e. The van der Waals surface area contributed by atoms with Crippen LogP contribution in [-0.4, -0.2) is 17.9 Å². The Hall–Kier alpha value is -2.83. The second kappa shape index (κ2) is 8.46. The number of amides is 2. The van der Waals surface area contributed by atoms with E-state index in [9.17, 15) is 22.8 Å². The molecule has 0 radical (unpaired) electrons. The second-order valence-electron chi connectivity index (χ2n) is 6.92. The van der Waals surface area contributed by atoms with Crippen LogP contribution in [0.4, 0.5) is 18.9 Å². The molecule has 1 aliphatic rings. The minimum atomic E-state index is -4.41. The lowest BCUT2D eigenvalue weighted by molar-refractivity contribution is -0.137. The molecule has 0 aliphatic heterocycles. The summed E-state index contributed by atoms with van der Waals surface area (Å²) >= 11 is 0. The molecule has 0 bridgehead atoms. The fourth-order valence-electron chi connectivity index (χ4n) is 3.31. The first kappa shape index (κ1) is 19.9. The first-order chi connectivity index (χ1) is 13.3. The van der Waals surface area contributed by atoms with Gasteiger partial charge in [0, 0.05) is 6.04 Å². The first-order valence-corrected chi connectivity index (χ1v) is 9.19. The number of halogens is 3. The highest BCUT2D eigenvalue weighted by Gasteiger charge is 2.30. The quantitative estimate of drug-likeness (QED) is 0.786. The Morgan fingerprint density at radius 3 is 2.25 bits per heavy atom. The van der Waals surface area contributed by atoms with Crippen LogP contribution in [0.1, 0.15) is 47.2 Å². The van der Waals surface area contributed by atoms with Gasteiger partial charge in [-0.3, -0.25) is 9.59 Å². The van der Waals surface area contributed by atoms with Crippen molar-refractivity contribution in [2.24, 2.45) is 0 Å². The molecule has 2 amide bonds. The highest BCUT2D eigenvalue weighted by molar-refractivity contribution is 6.04. The Bertz CT molecular complexity index is 841. The summed E-state index contributed by atoms with van der Waals surface area (Å²) in [5, 5.41) is 5.67. The predicted octanol–water partition coefficient (Wildman–Crippen LogP) is 4.56. The summed E-state index contributed by atoms with van der Waals surface area (Å²) in [6, 6.07) is 11.3. The molecule has 28 heavy (non-hydrogen) atoms. The third-order valence-electron chi connectivity index (χ3n) is 4.78. The fraction of sp³-hybridized carbons (Fsp3) is 0.333. The van der Waals surface area contributed by atoms with Crippen molar-refractivity contribution in [2.45, 2.75) is 44.3 Å². The van der Waals surface area contributed by atoms with Gasteiger partial charge >= 0.3 is 6.18 Å². The van der Waals surface area contributed by atoms with E-state index in [1.165, 1.54) is 12.1 Å². The van der Waals surface area contributed by atoms with Crippen LogP contribution in [0.3, 0.4) is 0 Å². The van der Waals surface area contributed by atoms with Gasteiger partial charge in [-0.2, -0.15) is 13.2 Å². The van der Waals surface area contributed by atoms with Gasteiger partial charge in [0.15, 0.2) is 0 Å². The molecule has 0 saturated heterocycles. The van der Waals surface area contributed by atoms with Gasteiger partial charge in [0.1, 0.15) is 0 Å². The summed E-state index contributed by atoms with van der Waals surface area (Å²) in [6.07, 6.45) is -0.404. The third-order valence-corrected chi connectivity index (χ3v) is 4.78. The molecule has 4 nitrogen and oxygen atoms in total. The maximum Gasteiger partial charge on any atom is 0.416 e. The highest BCUT2D eigenvalue weighted by atomic mass is 19.4. The molecule has 2 N–H and O–H groups in total. The number of rotatable bonds is 5. The monoisotopic (exact) mass is 390 g/mol. The van der Waals surface area contributed by atoms with E-state index < -0.39 is 17.6 Å². The highest BCUT2D eigenvalue weighted by Crippen LogP contribution is 2.29. The second-order valence-corrected chi connectivity index (χ2v) is 6.92. The Kier molecular flexibility index (Phi) is 6.02. The zero-order chi connectivity index (χ0) is 20.1. The zero-order valence-electron chi connectivity index (χ0n) is 15.2. The molecule has 2 aromatic rings. The van der Waals surface area contributed by atoms with Gasteiger partial charge in [-0.1, -0.05) is 37.1 Å². The summed E-state index contributed by atoms with van der Waals surface area (Å²) in [5.41, 5.74) is 0.453. The molecule has 0 atom stereocenters. The maximum absolute atomic E-state index is 12.6. The van der Waals surface area contributed by atoms with Gasteiger partial charge in [-0.25, -0.2) is 0 Å². The van der Waals surface area contributed by atoms with E-state index in [4.69, 9.17) is 0 Å². The minimum absolute atomic E-state index is 0.0866. The van der Waals surface area contributed by atoms with Gasteiger partial charge in [0.25, 0.3) is 5.91 Å². The van der Waals surface area contributed by atoms with Crippen LogP contribution in [0.5, 0.6) is 0 Å². The number of hydrogen-bond donors (Lipinski definition) is 2. The molecule has 3 rings (SSSR count). The van der Waals surface area contributed by atoms with Crippen molar-refractivity contribution in [1.82, 2.24) is 5.32 Å². The van der Waals surface area contributed by atoms with Crippen LogP contribution in [0.2, 0.25) is 0 Å². The van der Waals surface area contributed by atoms with E-state index in [1.807, 2.05) is 0 Å². The van der Waals surface area contributed by atoms with Gasteiger partial charge in [0.05, 0.1) is 23.2 Å². The molecule has 0 unspecified atom stereocenters. The van der Waals surface area contributed by atoms with Gasteiger partial charge < -0.3 is 10.6 Å². The lowest BCUT2D eigenvalue weighted by atomic mass is 10.1.